The highest BCUT2D eigenvalue weighted by molar-refractivity contribution is 6.31. The van der Waals surface area contributed by atoms with Gasteiger partial charge in [-0.05, 0) is 26.7 Å². The third kappa shape index (κ3) is 3.28. The van der Waals surface area contributed by atoms with E-state index in [-0.39, 0.29) is 5.78 Å². The Hall–Kier alpha value is -1.61. The summed E-state index contributed by atoms with van der Waals surface area (Å²) < 4.78 is 1.92. The van der Waals surface area contributed by atoms with E-state index in [1.807, 2.05) is 48.9 Å². The van der Waals surface area contributed by atoms with Gasteiger partial charge in [0.25, 0.3) is 0 Å². The van der Waals surface area contributed by atoms with Crippen LogP contribution in [0.5, 0.6) is 0 Å². The third-order valence-corrected chi connectivity index (χ3v) is 3.86. The molecule has 0 aliphatic rings. The van der Waals surface area contributed by atoms with Gasteiger partial charge in [-0.3, -0.25) is 9.48 Å². The van der Waals surface area contributed by atoms with Gasteiger partial charge in [-0.25, -0.2) is 0 Å². The maximum absolute atomic E-state index is 12.0. The van der Waals surface area contributed by atoms with E-state index in [0.717, 1.165) is 41.4 Å². The van der Waals surface area contributed by atoms with E-state index in [1.165, 1.54) is 0 Å². The van der Waals surface area contributed by atoms with E-state index in [2.05, 4.69) is 5.10 Å². The van der Waals surface area contributed by atoms with Crippen LogP contribution in [0.25, 0.3) is 0 Å². The zero-order chi connectivity index (χ0) is 14.5. The maximum atomic E-state index is 12.0. The van der Waals surface area contributed by atoms with Gasteiger partial charge in [0.2, 0.25) is 0 Å². The van der Waals surface area contributed by atoms with E-state index in [0.29, 0.717) is 6.42 Å². The lowest BCUT2D eigenvalue weighted by Crippen LogP contribution is -2.05. The first kappa shape index (κ1) is 14.8. The molecular formula is C16H19ClN2O. The molecule has 3 nitrogen and oxygen atoms in total. The molecule has 0 amide bonds. The second kappa shape index (κ2) is 6.71. The Morgan fingerprint density at radius 2 is 2.00 bits per heavy atom. The van der Waals surface area contributed by atoms with E-state index in [1.54, 1.807) is 0 Å². The van der Waals surface area contributed by atoms with E-state index in [4.69, 9.17) is 11.6 Å². The predicted octanol–water partition coefficient (Wildman–Crippen LogP) is 4.07. The van der Waals surface area contributed by atoms with Crippen LogP contribution in [-0.2, 0) is 13.0 Å². The molecule has 106 valence electrons. The molecule has 2 rings (SSSR count). The molecular weight excluding hydrogens is 272 g/mol. The molecule has 1 heterocycles. The summed E-state index contributed by atoms with van der Waals surface area (Å²) in [6.07, 6.45) is 2.11. The van der Waals surface area contributed by atoms with E-state index >= 15 is 0 Å². The second-order valence-corrected chi connectivity index (χ2v) is 5.18. The smallest absolute Gasteiger partial charge is 0.162 e. The molecule has 0 bridgehead atoms. The quantitative estimate of drug-likeness (QED) is 0.752. The fourth-order valence-corrected chi connectivity index (χ4v) is 2.52. The number of carbonyl (C=O) groups is 1. The van der Waals surface area contributed by atoms with Crippen molar-refractivity contribution in [3.05, 3.63) is 52.3 Å². The molecule has 0 saturated heterocycles. The number of aromatic nitrogens is 2. The summed E-state index contributed by atoms with van der Waals surface area (Å²) in [7, 11) is 0. The molecule has 0 radical (unpaired) electrons. The van der Waals surface area contributed by atoms with Crippen LogP contribution in [-0.4, -0.2) is 15.6 Å². The molecule has 2 aromatic rings. The van der Waals surface area contributed by atoms with Crippen molar-refractivity contribution in [2.24, 2.45) is 0 Å². The van der Waals surface area contributed by atoms with Gasteiger partial charge in [0.1, 0.15) is 0 Å². The normalized spacial score (nSPS) is 10.8. The summed E-state index contributed by atoms with van der Waals surface area (Å²) in [6.45, 7) is 4.75. The van der Waals surface area contributed by atoms with Crippen LogP contribution in [0.15, 0.2) is 30.3 Å². The van der Waals surface area contributed by atoms with Crippen LogP contribution in [0.1, 0.15) is 41.5 Å². The number of Topliss-reactive ketones (excluding diaryl/α,β-unsaturated/α-hetero) is 1. The first-order chi connectivity index (χ1) is 9.63. The van der Waals surface area contributed by atoms with Gasteiger partial charge >= 0.3 is 0 Å². The number of carbonyl (C=O) groups excluding carboxylic acids is 1. The Kier molecular flexibility index (Phi) is 4.96. The summed E-state index contributed by atoms with van der Waals surface area (Å²) in [5, 5.41) is 5.12. The summed E-state index contributed by atoms with van der Waals surface area (Å²) in [5.41, 5.74) is 2.67. The Labute approximate surface area is 124 Å². The van der Waals surface area contributed by atoms with Crippen molar-refractivity contribution in [3.8, 4) is 0 Å². The minimum atomic E-state index is 0.181. The lowest BCUT2D eigenvalue weighted by molar-refractivity contribution is 0.0980. The molecule has 0 spiro atoms. The molecule has 1 aromatic carbocycles. The number of hydrogen-bond donors (Lipinski definition) is 0. The van der Waals surface area contributed by atoms with Crippen LogP contribution < -0.4 is 0 Å². The standard InChI is InChI=1S/C16H19ClN2O/c1-3-19-14(16(17)12(2)18-19)10-7-11-15(20)13-8-5-4-6-9-13/h4-6,8-9H,3,7,10-11H2,1-2H3. The van der Waals surface area contributed by atoms with Crippen molar-refractivity contribution < 1.29 is 4.79 Å². The lowest BCUT2D eigenvalue weighted by atomic mass is 10.0. The molecule has 0 saturated carbocycles. The van der Waals surface area contributed by atoms with Crippen molar-refractivity contribution in [1.29, 1.82) is 0 Å². The molecule has 0 unspecified atom stereocenters. The molecule has 0 N–H and O–H groups in total. The first-order valence-electron chi connectivity index (χ1n) is 6.93. The highest BCUT2D eigenvalue weighted by Crippen LogP contribution is 2.22. The minimum Gasteiger partial charge on any atom is -0.294 e. The number of nitrogens with zero attached hydrogens (tertiary/aromatic N) is 2. The first-order valence-corrected chi connectivity index (χ1v) is 7.31. The van der Waals surface area contributed by atoms with Gasteiger partial charge in [0.05, 0.1) is 16.4 Å². The van der Waals surface area contributed by atoms with Gasteiger partial charge in [-0.15, -0.1) is 0 Å². The van der Waals surface area contributed by atoms with E-state index < -0.39 is 0 Å². The molecule has 0 aliphatic carbocycles. The Balaban J connectivity index is 1.95. The van der Waals surface area contributed by atoms with Crippen molar-refractivity contribution in [2.75, 3.05) is 0 Å². The second-order valence-electron chi connectivity index (χ2n) is 4.80. The average Bonchev–Trinajstić information content (AvgIpc) is 2.75. The number of hydrogen-bond acceptors (Lipinski definition) is 2. The molecule has 1 aromatic heterocycles. The van der Waals surface area contributed by atoms with E-state index in [9.17, 15) is 4.79 Å². The molecule has 0 fully saturated rings. The van der Waals surface area contributed by atoms with Gasteiger partial charge in [0, 0.05) is 18.5 Å². The van der Waals surface area contributed by atoms with Gasteiger partial charge in [-0.1, -0.05) is 41.9 Å². The third-order valence-electron chi connectivity index (χ3n) is 3.37. The summed E-state index contributed by atoms with van der Waals surface area (Å²) in [5.74, 6) is 0.181. The summed E-state index contributed by atoms with van der Waals surface area (Å²) in [4.78, 5) is 12.0. The largest absolute Gasteiger partial charge is 0.294 e. The Morgan fingerprint density at radius 1 is 1.30 bits per heavy atom. The van der Waals surface area contributed by atoms with Gasteiger partial charge in [-0.2, -0.15) is 5.10 Å². The van der Waals surface area contributed by atoms with Crippen molar-refractivity contribution in [1.82, 2.24) is 9.78 Å². The number of ketones is 1. The molecule has 0 atom stereocenters. The minimum absolute atomic E-state index is 0.181. The summed E-state index contributed by atoms with van der Waals surface area (Å²) >= 11 is 6.26. The molecule has 20 heavy (non-hydrogen) atoms. The Bertz CT molecular complexity index is 590. The van der Waals surface area contributed by atoms with Crippen molar-refractivity contribution in [2.45, 2.75) is 39.7 Å². The van der Waals surface area contributed by atoms with Crippen molar-refractivity contribution in [3.63, 3.8) is 0 Å². The monoisotopic (exact) mass is 290 g/mol. The zero-order valence-corrected chi connectivity index (χ0v) is 12.7. The maximum Gasteiger partial charge on any atom is 0.162 e. The number of halogens is 1. The zero-order valence-electron chi connectivity index (χ0n) is 11.9. The highest BCUT2D eigenvalue weighted by atomic mass is 35.5. The van der Waals surface area contributed by atoms with Crippen molar-refractivity contribution >= 4 is 17.4 Å². The number of rotatable bonds is 6. The Morgan fingerprint density at radius 3 is 2.65 bits per heavy atom. The van der Waals surface area contributed by atoms with Crippen LogP contribution in [0.4, 0.5) is 0 Å². The fraction of sp³-hybridized carbons (Fsp3) is 0.375. The SMILES string of the molecule is CCn1nc(C)c(Cl)c1CCCC(=O)c1ccccc1. The van der Waals surface area contributed by atoms with Crippen LogP contribution >= 0.6 is 11.6 Å². The van der Waals surface area contributed by atoms with Crippen LogP contribution in [0.3, 0.4) is 0 Å². The lowest BCUT2D eigenvalue weighted by Gasteiger charge is -2.05. The number of benzene rings is 1. The topological polar surface area (TPSA) is 34.9 Å². The average molecular weight is 291 g/mol. The van der Waals surface area contributed by atoms with Crippen LogP contribution in [0, 0.1) is 6.92 Å². The number of aryl methyl sites for hydroxylation is 2. The highest BCUT2D eigenvalue weighted by Gasteiger charge is 2.13. The molecule has 4 heteroatoms. The molecule has 0 aliphatic heterocycles. The summed E-state index contributed by atoms with van der Waals surface area (Å²) in [6, 6.07) is 9.41. The van der Waals surface area contributed by atoms with Crippen LogP contribution in [0.2, 0.25) is 5.02 Å². The fourth-order valence-electron chi connectivity index (χ4n) is 2.29. The predicted molar refractivity (Wildman–Crippen MR) is 81.4 cm³/mol. The van der Waals surface area contributed by atoms with Gasteiger partial charge < -0.3 is 0 Å². The van der Waals surface area contributed by atoms with Gasteiger partial charge in [0.15, 0.2) is 5.78 Å².